The number of hydrogen-bond donors (Lipinski definition) is 1. The molecule has 1 atom stereocenters. The number of anilines is 1. The Kier molecular flexibility index (Phi) is 4.58. The minimum absolute atomic E-state index is 0.547. The van der Waals surface area contributed by atoms with Crippen molar-refractivity contribution in [1.82, 2.24) is 0 Å². The van der Waals surface area contributed by atoms with Crippen molar-refractivity contribution < 1.29 is 9.59 Å². The lowest BCUT2D eigenvalue weighted by atomic mass is 9.91. The maximum atomic E-state index is 12.6. The fraction of sp³-hybridized carbons (Fsp3) is 0.0952. The van der Waals surface area contributed by atoms with Crippen molar-refractivity contribution in [2.75, 3.05) is 5.32 Å². The zero-order chi connectivity index (χ0) is 17.8. The van der Waals surface area contributed by atoms with E-state index in [1.807, 2.05) is 55.5 Å². The van der Waals surface area contributed by atoms with E-state index in [2.05, 4.69) is 5.32 Å². The third-order valence-corrected chi connectivity index (χ3v) is 4.14. The number of carbonyl (C=O) groups excluding carboxylic acids is 2. The SMILES string of the molecule is Cc1ccccc1NC(=O)C(=O)[C@@H](C#N)c1cccc2ccccc12. The maximum Gasteiger partial charge on any atom is 0.293 e. The monoisotopic (exact) mass is 328 g/mol. The lowest BCUT2D eigenvalue weighted by Gasteiger charge is -2.12. The summed E-state index contributed by atoms with van der Waals surface area (Å²) >= 11 is 0. The molecule has 4 heteroatoms. The molecule has 0 heterocycles. The second-order valence-electron chi connectivity index (χ2n) is 5.76. The van der Waals surface area contributed by atoms with Crippen LogP contribution in [0.25, 0.3) is 10.8 Å². The summed E-state index contributed by atoms with van der Waals surface area (Å²) in [5.41, 5.74) is 1.96. The van der Waals surface area contributed by atoms with Crippen molar-refractivity contribution in [2.24, 2.45) is 0 Å². The molecule has 0 radical (unpaired) electrons. The van der Waals surface area contributed by atoms with E-state index in [1.165, 1.54) is 0 Å². The summed E-state index contributed by atoms with van der Waals surface area (Å²) in [6, 6.07) is 22.1. The third-order valence-electron chi connectivity index (χ3n) is 4.14. The van der Waals surface area contributed by atoms with Crippen LogP contribution in [0.5, 0.6) is 0 Å². The number of Topliss-reactive ketones (excluding diaryl/α,β-unsaturated/α-hetero) is 1. The van der Waals surface area contributed by atoms with E-state index in [0.717, 1.165) is 16.3 Å². The van der Waals surface area contributed by atoms with Gasteiger partial charge in [-0.3, -0.25) is 9.59 Å². The minimum Gasteiger partial charge on any atom is -0.319 e. The van der Waals surface area contributed by atoms with Crippen LogP contribution >= 0.6 is 0 Å². The highest BCUT2D eigenvalue weighted by Gasteiger charge is 2.28. The minimum atomic E-state index is -1.14. The number of para-hydroxylation sites is 1. The van der Waals surface area contributed by atoms with Gasteiger partial charge in [0.05, 0.1) is 6.07 Å². The predicted octanol–water partition coefficient (Wildman–Crippen LogP) is 3.96. The maximum absolute atomic E-state index is 12.6. The van der Waals surface area contributed by atoms with Crippen LogP contribution in [-0.4, -0.2) is 11.7 Å². The molecule has 0 fully saturated rings. The van der Waals surface area contributed by atoms with Crippen molar-refractivity contribution in [3.8, 4) is 6.07 Å². The van der Waals surface area contributed by atoms with E-state index in [9.17, 15) is 14.9 Å². The molecule has 3 rings (SSSR count). The van der Waals surface area contributed by atoms with E-state index in [4.69, 9.17) is 0 Å². The number of nitriles is 1. The van der Waals surface area contributed by atoms with Gasteiger partial charge in [0.2, 0.25) is 5.78 Å². The molecule has 1 N–H and O–H groups in total. The van der Waals surface area contributed by atoms with Gasteiger partial charge in [0.25, 0.3) is 5.91 Å². The molecule has 0 aliphatic rings. The van der Waals surface area contributed by atoms with Gasteiger partial charge in [-0.15, -0.1) is 0 Å². The molecular weight excluding hydrogens is 312 g/mol. The van der Waals surface area contributed by atoms with E-state index >= 15 is 0 Å². The molecule has 3 aromatic carbocycles. The van der Waals surface area contributed by atoms with Gasteiger partial charge >= 0.3 is 0 Å². The number of nitrogens with one attached hydrogen (secondary N) is 1. The Bertz CT molecular complexity index is 997. The summed E-state index contributed by atoms with van der Waals surface area (Å²) in [5.74, 6) is -2.69. The summed E-state index contributed by atoms with van der Waals surface area (Å²) in [5, 5.41) is 13.9. The number of hydrogen-bond acceptors (Lipinski definition) is 3. The first-order valence-electron chi connectivity index (χ1n) is 7.90. The average molecular weight is 328 g/mol. The number of fused-ring (bicyclic) bond motifs is 1. The van der Waals surface area contributed by atoms with E-state index < -0.39 is 17.6 Å². The number of carbonyl (C=O) groups is 2. The first kappa shape index (κ1) is 16.4. The lowest BCUT2D eigenvalue weighted by molar-refractivity contribution is -0.135. The predicted molar refractivity (Wildman–Crippen MR) is 97.1 cm³/mol. The van der Waals surface area contributed by atoms with Crippen LogP contribution in [-0.2, 0) is 9.59 Å². The first-order chi connectivity index (χ1) is 12.1. The molecule has 0 saturated carbocycles. The largest absolute Gasteiger partial charge is 0.319 e. The van der Waals surface area contributed by atoms with Crippen LogP contribution in [0.1, 0.15) is 17.0 Å². The summed E-state index contributed by atoms with van der Waals surface area (Å²) in [4.78, 5) is 25.0. The zero-order valence-corrected chi connectivity index (χ0v) is 13.7. The molecule has 3 aromatic rings. The molecule has 4 nitrogen and oxygen atoms in total. The summed E-state index contributed by atoms with van der Waals surface area (Å²) in [6.07, 6.45) is 0. The molecule has 25 heavy (non-hydrogen) atoms. The van der Waals surface area contributed by atoms with Crippen LogP contribution in [0.3, 0.4) is 0 Å². The number of aryl methyl sites for hydroxylation is 1. The topological polar surface area (TPSA) is 70.0 Å². The Morgan fingerprint density at radius 2 is 1.64 bits per heavy atom. The third kappa shape index (κ3) is 3.26. The molecule has 1 amide bonds. The molecule has 0 aliphatic heterocycles. The van der Waals surface area contributed by atoms with Crippen molar-refractivity contribution in [3.63, 3.8) is 0 Å². The lowest BCUT2D eigenvalue weighted by Crippen LogP contribution is -2.28. The van der Waals surface area contributed by atoms with Gasteiger partial charge in [0, 0.05) is 5.69 Å². The van der Waals surface area contributed by atoms with Gasteiger partial charge in [0.1, 0.15) is 5.92 Å². The number of amides is 1. The van der Waals surface area contributed by atoms with Gasteiger partial charge < -0.3 is 5.32 Å². The van der Waals surface area contributed by atoms with Gasteiger partial charge in [0.15, 0.2) is 0 Å². The van der Waals surface area contributed by atoms with E-state index in [1.54, 1.807) is 24.3 Å². The molecule has 122 valence electrons. The molecule has 0 aliphatic carbocycles. The molecular formula is C21H16N2O2. The quantitative estimate of drug-likeness (QED) is 0.737. The Hall–Kier alpha value is -3.45. The summed E-state index contributed by atoms with van der Waals surface area (Å²) in [7, 11) is 0. The fourth-order valence-corrected chi connectivity index (χ4v) is 2.80. The average Bonchev–Trinajstić information content (AvgIpc) is 2.64. The number of nitrogens with zero attached hydrogens (tertiary/aromatic N) is 1. The van der Waals surface area contributed by atoms with E-state index in [0.29, 0.717) is 11.3 Å². The van der Waals surface area contributed by atoms with Crippen molar-refractivity contribution in [2.45, 2.75) is 12.8 Å². The highest BCUT2D eigenvalue weighted by atomic mass is 16.2. The van der Waals surface area contributed by atoms with Crippen molar-refractivity contribution in [1.29, 1.82) is 5.26 Å². The fourth-order valence-electron chi connectivity index (χ4n) is 2.80. The zero-order valence-electron chi connectivity index (χ0n) is 13.7. The first-order valence-corrected chi connectivity index (χ1v) is 7.90. The standard InChI is InChI=1S/C21H16N2O2/c1-14-7-2-5-12-19(14)23-21(25)20(24)18(13-22)17-11-6-9-15-8-3-4-10-16(15)17/h2-12,18H,1H3,(H,23,25)/t18-/m0/s1. The van der Waals surface area contributed by atoms with Crippen LogP contribution in [0.15, 0.2) is 66.7 Å². The molecule has 0 unspecified atom stereocenters. The highest BCUT2D eigenvalue weighted by molar-refractivity contribution is 6.43. The van der Waals surface area contributed by atoms with Crippen LogP contribution in [0, 0.1) is 18.3 Å². The van der Waals surface area contributed by atoms with Gasteiger partial charge in [-0.2, -0.15) is 5.26 Å². The second kappa shape index (κ2) is 6.98. The number of ketones is 1. The van der Waals surface area contributed by atoms with Gasteiger partial charge in [-0.1, -0.05) is 60.7 Å². The van der Waals surface area contributed by atoms with Gasteiger partial charge in [-0.25, -0.2) is 0 Å². The Labute approximate surface area is 145 Å². The molecule has 0 saturated heterocycles. The summed E-state index contributed by atoms with van der Waals surface area (Å²) in [6.45, 7) is 1.84. The number of rotatable bonds is 4. The number of benzene rings is 3. The molecule has 0 aromatic heterocycles. The summed E-state index contributed by atoms with van der Waals surface area (Å²) < 4.78 is 0. The Morgan fingerprint density at radius 1 is 0.960 bits per heavy atom. The smallest absolute Gasteiger partial charge is 0.293 e. The molecule has 0 bridgehead atoms. The van der Waals surface area contributed by atoms with Crippen LogP contribution in [0.4, 0.5) is 5.69 Å². The normalized spacial score (nSPS) is 11.5. The molecule has 0 spiro atoms. The Balaban J connectivity index is 1.93. The second-order valence-corrected chi connectivity index (χ2v) is 5.76. The Morgan fingerprint density at radius 3 is 2.40 bits per heavy atom. The van der Waals surface area contributed by atoms with Crippen LogP contribution < -0.4 is 5.32 Å². The van der Waals surface area contributed by atoms with E-state index in [-0.39, 0.29) is 0 Å². The van der Waals surface area contributed by atoms with Crippen molar-refractivity contribution in [3.05, 3.63) is 77.9 Å². The van der Waals surface area contributed by atoms with Crippen LogP contribution in [0.2, 0.25) is 0 Å². The van der Waals surface area contributed by atoms with Crippen molar-refractivity contribution >= 4 is 28.2 Å². The van der Waals surface area contributed by atoms with Gasteiger partial charge in [-0.05, 0) is 34.9 Å². The highest BCUT2D eigenvalue weighted by Crippen LogP contribution is 2.26.